The summed E-state index contributed by atoms with van der Waals surface area (Å²) < 4.78 is 0. The van der Waals surface area contributed by atoms with Gasteiger partial charge in [-0.05, 0) is 54.3 Å². The third-order valence-corrected chi connectivity index (χ3v) is 4.16. The van der Waals surface area contributed by atoms with Gasteiger partial charge in [-0.2, -0.15) is 0 Å². The molecule has 3 rings (SSSR count). The molecule has 0 fully saturated rings. The number of carbonyl (C=O) groups excluding carboxylic acids is 1. The molecule has 1 aliphatic carbocycles. The number of carbonyl (C=O) groups is 1. The fourth-order valence-electron chi connectivity index (χ4n) is 2.66. The normalized spacial score (nSPS) is 16.6. The van der Waals surface area contributed by atoms with E-state index in [0.717, 1.165) is 24.0 Å². The predicted molar refractivity (Wildman–Crippen MR) is 83.1 cm³/mol. The van der Waals surface area contributed by atoms with Gasteiger partial charge in [-0.15, -0.1) is 0 Å². The summed E-state index contributed by atoms with van der Waals surface area (Å²) in [6.07, 6.45) is 1.70. The average molecular weight is 322 g/mol. The molecule has 1 aliphatic rings. The van der Waals surface area contributed by atoms with Crippen LogP contribution in [0.2, 0.25) is 10.0 Å². The Balaban J connectivity index is 1.82. The van der Waals surface area contributed by atoms with Gasteiger partial charge in [0.1, 0.15) is 5.75 Å². The minimum absolute atomic E-state index is 0.0665. The Hall–Kier alpha value is -1.71. The molecule has 0 heterocycles. The molecule has 2 aromatic rings. The van der Waals surface area contributed by atoms with Crippen LogP contribution in [0.4, 0.5) is 0 Å². The van der Waals surface area contributed by atoms with Crippen molar-refractivity contribution in [3.05, 3.63) is 63.1 Å². The monoisotopic (exact) mass is 321 g/mol. The highest BCUT2D eigenvalue weighted by Gasteiger charge is 2.25. The number of aryl methyl sites for hydroxylation is 1. The number of phenols is 1. The number of phenolic OH excluding ortho intramolecular Hbond substituents is 1. The van der Waals surface area contributed by atoms with Gasteiger partial charge in [0.05, 0.1) is 11.6 Å². The quantitative estimate of drug-likeness (QED) is 0.874. The molecule has 1 amide bonds. The number of fused-ring (bicyclic) bond motifs is 1. The third-order valence-electron chi connectivity index (χ3n) is 3.69. The molecule has 0 radical (unpaired) electrons. The minimum Gasteiger partial charge on any atom is -0.507 e. The summed E-state index contributed by atoms with van der Waals surface area (Å²) in [7, 11) is 0. The summed E-state index contributed by atoms with van der Waals surface area (Å²) in [4.78, 5) is 12.3. The highest BCUT2D eigenvalue weighted by molar-refractivity contribution is 6.31. The number of hydrogen-bond donors (Lipinski definition) is 2. The van der Waals surface area contributed by atoms with Gasteiger partial charge in [0.15, 0.2) is 0 Å². The van der Waals surface area contributed by atoms with Crippen molar-refractivity contribution in [2.24, 2.45) is 0 Å². The van der Waals surface area contributed by atoms with Crippen molar-refractivity contribution < 1.29 is 9.90 Å². The molecule has 3 nitrogen and oxygen atoms in total. The molecule has 2 N–H and O–H groups in total. The molecule has 21 heavy (non-hydrogen) atoms. The Kier molecular flexibility index (Phi) is 3.79. The van der Waals surface area contributed by atoms with Crippen molar-refractivity contribution in [1.29, 1.82) is 0 Å². The average Bonchev–Trinajstić information content (AvgIpc) is 2.83. The van der Waals surface area contributed by atoms with Crippen LogP contribution in [0, 0.1) is 0 Å². The number of halogens is 2. The first-order chi connectivity index (χ1) is 10.0. The number of hydrogen-bond acceptors (Lipinski definition) is 2. The van der Waals surface area contributed by atoms with Crippen LogP contribution >= 0.6 is 23.2 Å². The summed E-state index contributed by atoms with van der Waals surface area (Å²) in [6, 6.07) is 10.0. The van der Waals surface area contributed by atoms with E-state index in [2.05, 4.69) is 5.32 Å². The van der Waals surface area contributed by atoms with Crippen molar-refractivity contribution in [3.8, 4) is 5.75 Å². The van der Waals surface area contributed by atoms with Gasteiger partial charge in [0.25, 0.3) is 5.91 Å². The highest BCUT2D eigenvalue weighted by atomic mass is 35.5. The Bertz CT molecular complexity index is 715. The van der Waals surface area contributed by atoms with Crippen molar-refractivity contribution in [2.75, 3.05) is 0 Å². The first-order valence-corrected chi connectivity index (χ1v) is 7.38. The maximum atomic E-state index is 12.3. The molecular formula is C16H13Cl2NO2. The predicted octanol–water partition coefficient (Wildman–Crippen LogP) is 4.12. The van der Waals surface area contributed by atoms with Crippen LogP contribution in [-0.2, 0) is 6.42 Å². The fraction of sp³-hybridized carbons (Fsp3) is 0.188. The first-order valence-electron chi connectivity index (χ1n) is 6.62. The molecule has 0 aliphatic heterocycles. The second-order valence-electron chi connectivity index (χ2n) is 5.07. The standard InChI is InChI=1S/C16H13Cl2NO2/c17-10-2-4-12-9(7-10)1-5-14(12)19-16(21)13-8-11(18)3-6-15(13)20/h2-4,6-8,14,20H,1,5H2,(H,19,21)/t14-/m1/s1. The molecule has 0 saturated carbocycles. The summed E-state index contributed by atoms with van der Waals surface area (Å²) >= 11 is 11.8. The minimum atomic E-state index is -0.331. The zero-order chi connectivity index (χ0) is 15.0. The molecule has 108 valence electrons. The maximum Gasteiger partial charge on any atom is 0.255 e. The molecule has 2 aromatic carbocycles. The lowest BCUT2D eigenvalue weighted by molar-refractivity contribution is 0.0934. The van der Waals surface area contributed by atoms with Gasteiger partial charge in [-0.1, -0.05) is 29.3 Å². The van der Waals surface area contributed by atoms with Gasteiger partial charge in [-0.25, -0.2) is 0 Å². The van der Waals surface area contributed by atoms with E-state index in [1.807, 2.05) is 18.2 Å². The van der Waals surface area contributed by atoms with Crippen molar-refractivity contribution >= 4 is 29.1 Å². The Labute approximate surface area is 132 Å². The molecule has 0 unspecified atom stereocenters. The maximum absolute atomic E-state index is 12.3. The summed E-state index contributed by atoms with van der Waals surface area (Å²) in [5, 5.41) is 13.8. The Morgan fingerprint density at radius 3 is 2.67 bits per heavy atom. The second kappa shape index (κ2) is 5.58. The van der Waals surface area contributed by atoms with E-state index in [0.29, 0.717) is 10.0 Å². The highest BCUT2D eigenvalue weighted by Crippen LogP contribution is 2.33. The van der Waals surface area contributed by atoms with Crippen LogP contribution in [-0.4, -0.2) is 11.0 Å². The van der Waals surface area contributed by atoms with Crippen LogP contribution < -0.4 is 5.32 Å². The molecule has 0 aromatic heterocycles. The summed E-state index contributed by atoms with van der Waals surface area (Å²) in [5.74, 6) is -0.408. The number of amides is 1. The van der Waals surface area contributed by atoms with Crippen molar-refractivity contribution in [2.45, 2.75) is 18.9 Å². The number of nitrogens with one attached hydrogen (secondary N) is 1. The largest absolute Gasteiger partial charge is 0.507 e. The van der Waals surface area contributed by atoms with E-state index in [-0.39, 0.29) is 23.3 Å². The number of rotatable bonds is 2. The van der Waals surface area contributed by atoms with Crippen molar-refractivity contribution in [1.82, 2.24) is 5.32 Å². The summed E-state index contributed by atoms with van der Waals surface area (Å²) in [6.45, 7) is 0. The van der Waals surface area contributed by atoms with Crippen LogP contribution in [0.25, 0.3) is 0 Å². The van der Waals surface area contributed by atoms with E-state index in [4.69, 9.17) is 23.2 Å². The molecule has 0 spiro atoms. The van der Waals surface area contributed by atoms with Gasteiger partial charge in [0, 0.05) is 10.0 Å². The lowest BCUT2D eigenvalue weighted by Crippen LogP contribution is -2.27. The number of benzene rings is 2. The van der Waals surface area contributed by atoms with Crippen LogP contribution in [0.1, 0.15) is 33.9 Å². The SMILES string of the molecule is O=C(N[C@@H]1CCc2cc(Cl)ccc21)c1cc(Cl)ccc1O. The zero-order valence-corrected chi connectivity index (χ0v) is 12.6. The smallest absolute Gasteiger partial charge is 0.255 e. The number of aromatic hydroxyl groups is 1. The topological polar surface area (TPSA) is 49.3 Å². The zero-order valence-electron chi connectivity index (χ0n) is 11.1. The lowest BCUT2D eigenvalue weighted by atomic mass is 10.1. The molecular weight excluding hydrogens is 309 g/mol. The molecule has 0 bridgehead atoms. The van der Waals surface area contributed by atoms with E-state index >= 15 is 0 Å². The van der Waals surface area contributed by atoms with Gasteiger partial charge in [-0.3, -0.25) is 4.79 Å². The first kappa shape index (κ1) is 14.2. The molecule has 1 atom stereocenters. The third kappa shape index (κ3) is 2.85. The van der Waals surface area contributed by atoms with E-state index < -0.39 is 0 Å². The van der Waals surface area contributed by atoms with E-state index in [9.17, 15) is 9.90 Å². The Morgan fingerprint density at radius 2 is 1.86 bits per heavy atom. The van der Waals surface area contributed by atoms with Gasteiger partial charge >= 0.3 is 0 Å². The van der Waals surface area contributed by atoms with Crippen molar-refractivity contribution in [3.63, 3.8) is 0 Å². The Morgan fingerprint density at radius 1 is 1.14 bits per heavy atom. The molecule has 0 saturated heterocycles. The van der Waals surface area contributed by atoms with Crippen LogP contribution in [0.3, 0.4) is 0 Å². The molecule has 5 heteroatoms. The van der Waals surface area contributed by atoms with Crippen LogP contribution in [0.5, 0.6) is 5.75 Å². The second-order valence-corrected chi connectivity index (χ2v) is 5.94. The lowest BCUT2D eigenvalue weighted by Gasteiger charge is -2.15. The van der Waals surface area contributed by atoms with Gasteiger partial charge in [0.2, 0.25) is 0 Å². The summed E-state index contributed by atoms with van der Waals surface area (Å²) in [5.41, 5.74) is 2.42. The fourth-order valence-corrected chi connectivity index (χ4v) is 3.03. The van der Waals surface area contributed by atoms with Gasteiger partial charge < -0.3 is 10.4 Å². The van der Waals surface area contributed by atoms with Crippen LogP contribution in [0.15, 0.2) is 36.4 Å². The van der Waals surface area contributed by atoms with E-state index in [1.54, 1.807) is 6.07 Å². The van der Waals surface area contributed by atoms with E-state index in [1.165, 1.54) is 12.1 Å².